The third kappa shape index (κ3) is 10.8. The van der Waals surface area contributed by atoms with Crippen molar-refractivity contribution in [3.63, 3.8) is 0 Å². The molecule has 8 heteroatoms. The van der Waals surface area contributed by atoms with Gasteiger partial charge in [0.2, 0.25) is 13.6 Å². The van der Waals surface area contributed by atoms with Crippen molar-refractivity contribution in [1.82, 2.24) is 0 Å². The predicted molar refractivity (Wildman–Crippen MR) is 158 cm³/mol. The van der Waals surface area contributed by atoms with Crippen LogP contribution in [0.3, 0.4) is 0 Å². The molecule has 8 nitrogen and oxygen atoms in total. The summed E-state index contributed by atoms with van der Waals surface area (Å²) in [5.41, 5.74) is 0.769. The summed E-state index contributed by atoms with van der Waals surface area (Å²) >= 11 is 0. The summed E-state index contributed by atoms with van der Waals surface area (Å²) in [5, 5.41) is 0. The van der Waals surface area contributed by atoms with Gasteiger partial charge in [0.15, 0.2) is 5.78 Å². The smallest absolute Gasteiger partial charge is 0.314 e. The first-order valence-electron chi connectivity index (χ1n) is 13.6. The lowest BCUT2D eigenvalue weighted by Gasteiger charge is -2.18. The quantitative estimate of drug-likeness (QED) is 0.0845. The van der Waals surface area contributed by atoms with Crippen LogP contribution >= 0.6 is 0 Å². The van der Waals surface area contributed by atoms with Crippen LogP contribution in [0.2, 0.25) is 0 Å². The summed E-state index contributed by atoms with van der Waals surface area (Å²) in [5.74, 6) is 0.607. The van der Waals surface area contributed by atoms with Gasteiger partial charge in [0, 0.05) is 17.2 Å². The number of carbonyl (C=O) groups excluding carboxylic acids is 3. The molecule has 0 N–H and O–H groups in total. The number of hydrogen-bond donors (Lipinski definition) is 0. The van der Waals surface area contributed by atoms with Gasteiger partial charge < -0.3 is 23.7 Å². The van der Waals surface area contributed by atoms with Gasteiger partial charge in [0.25, 0.3) is 0 Å². The third-order valence-corrected chi connectivity index (χ3v) is 5.66. The Labute approximate surface area is 243 Å². The molecule has 2 rings (SSSR count). The highest BCUT2D eigenvalue weighted by atomic mass is 16.7. The Kier molecular flexibility index (Phi) is 12.2. The van der Waals surface area contributed by atoms with Crippen molar-refractivity contribution in [2.24, 2.45) is 10.8 Å². The molecule has 0 aliphatic heterocycles. The molecule has 0 atom stereocenters. The standard InChI is InChI=1S/C33H42O8/c1-9-11-12-24-19-25(28(37-10-2)20-29(24)39-22-41-31(36)33(6,7)8)15-18-27(34)23-13-16-26(17-14-23)38-21-40-30(35)32(3,4)5/h9,11,13-20H,10,12,21-22H2,1-8H3/b11-9+,18-15+. The van der Waals surface area contributed by atoms with E-state index in [2.05, 4.69) is 0 Å². The summed E-state index contributed by atoms with van der Waals surface area (Å²) in [6, 6.07) is 10.2. The zero-order chi connectivity index (χ0) is 30.6. The average Bonchev–Trinajstić information content (AvgIpc) is 2.91. The van der Waals surface area contributed by atoms with Crippen molar-refractivity contribution in [3.05, 3.63) is 71.3 Å². The van der Waals surface area contributed by atoms with Crippen molar-refractivity contribution < 1.29 is 38.1 Å². The predicted octanol–water partition coefficient (Wildman–Crippen LogP) is 6.95. The van der Waals surface area contributed by atoms with E-state index in [1.807, 2.05) is 32.1 Å². The second-order valence-electron chi connectivity index (χ2n) is 11.3. The Morgan fingerprint density at radius 2 is 1.37 bits per heavy atom. The van der Waals surface area contributed by atoms with Crippen LogP contribution in [0.5, 0.6) is 17.2 Å². The minimum atomic E-state index is -0.636. The van der Waals surface area contributed by atoms with Crippen LogP contribution in [0.25, 0.3) is 6.08 Å². The summed E-state index contributed by atoms with van der Waals surface area (Å²) in [6.07, 6.45) is 7.67. The zero-order valence-corrected chi connectivity index (χ0v) is 25.4. The van der Waals surface area contributed by atoms with E-state index in [4.69, 9.17) is 23.7 Å². The first-order valence-corrected chi connectivity index (χ1v) is 13.6. The number of carbonyl (C=O) groups is 3. The maximum Gasteiger partial charge on any atom is 0.314 e. The van der Waals surface area contributed by atoms with Gasteiger partial charge in [-0.15, -0.1) is 0 Å². The molecule has 0 unspecified atom stereocenters. The Morgan fingerprint density at radius 1 is 0.780 bits per heavy atom. The first-order chi connectivity index (χ1) is 19.3. The van der Waals surface area contributed by atoms with Crippen molar-refractivity contribution in [2.75, 3.05) is 20.2 Å². The van der Waals surface area contributed by atoms with Gasteiger partial charge in [0.05, 0.1) is 17.4 Å². The van der Waals surface area contributed by atoms with Gasteiger partial charge in [-0.2, -0.15) is 0 Å². The number of hydrogen-bond acceptors (Lipinski definition) is 8. The zero-order valence-electron chi connectivity index (χ0n) is 25.4. The van der Waals surface area contributed by atoms with Crippen molar-refractivity contribution in [3.8, 4) is 17.2 Å². The second-order valence-corrected chi connectivity index (χ2v) is 11.3. The SMILES string of the molecule is C/C=C/Cc1cc(/C=C/C(=O)c2ccc(OCOC(=O)C(C)(C)C)cc2)c(OCC)cc1OCOC(=O)C(C)(C)C. The maximum absolute atomic E-state index is 12.9. The lowest BCUT2D eigenvalue weighted by atomic mass is 9.97. The monoisotopic (exact) mass is 566 g/mol. The number of ether oxygens (including phenoxy) is 5. The fourth-order valence-electron chi connectivity index (χ4n) is 3.28. The highest BCUT2D eigenvalue weighted by Gasteiger charge is 2.24. The Bertz CT molecular complexity index is 1240. The van der Waals surface area contributed by atoms with E-state index in [9.17, 15) is 14.4 Å². The molecule has 0 aromatic heterocycles. The minimum Gasteiger partial charge on any atom is -0.493 e. The molecule has 2 aromatic rings. The summed E-state index contributed by atoms with van der Waals surface area (Å²) in [6.45, 7) is 14.4. The van der Waals surface area contributed by atoms with Gasteiger partial charge in [0.1, 0.15) is 17.2 Å². The highest BCUT2D eigenvalue weighted by molar-refractivity contribution is 6.07. The number of benzene rings is 2. The Hall–Kier alpha value is -4.07. The minimum absolute atomic E-state index is 0.206. The molecule has 0 heterocycles. The summed E-state index contributed by atoms with van der Waals surface area (Å²) in [4.78, 5) is 36.9. The molecule has 41 heavy (non-hydrogen) atoms. The van der Waals surface area contributed by atoms with Gasteiger partial charge in [-0.1, -0.05) is 12.2 Å². The van der Waals surface area contributed by atoms with Crippen LogP contribution in [0.4, 0.5) is 0 Å². The van der Waals surface area contributed by atoms with E-state index in [-0.39, 0.29) is 31.3 Å². The molecule has 0 saturated heterocycles. The van der Waals surface area contributed by atoms with Gasteiger partial charge in [-0.05, 0) is 110 Å². The Balaban J connectivity index is 2.17. The molecule has 222 valence electrons. The van der Waals surface area contributed by atoms with Gasteiger partial charge in [-0.3, -0.25) is 14.4 Å². The lowest BCUT2D eigenvalue weighted by molar-refractivity contribution is -0.160. The van der Waals surface area contributed by atoms with E-state index in [1.54, 1.807) is 78.0 Å². The molecule has 0 radical (unpaired) electrons. The highest BCUT2D eigenvalue weighted by Crippen LogP contribution is 2.32. The van der Waals surface area contributed by atoms with E-state index < -0.39 is 10.8 Å². The van der Waals surface area contributed by atoms with Crippen LogP contribution in [0.15, 0.2) is 54.6 Å². The first kappa shape index (κ1) is 33.1. The van der Waals surface area contributed by atoms with E-state index in [0.29, 0.717) is 41.4 Å². The molecule has 0 aliphatic carbocycles. The topological polar surface area (TPSA) is 97.4 Å². The van der Waals surface area contributed by atoms with Crippen molar-refractivity contribution in [1.29, 1.82) is 0 Å². The van der Waals surface area contributed by atoms with Crippen LogP contribution in [0.1, 0.15) is 76.9 Å². The largest absolute Gasteiger partial charge is 0.493 e. The average molecular weight is 567 g/mol. The molecule has 0 saturated carbocycles. The maximum atomic E-state index is 12.9. The van der Waals surface area contributed by atoms with Crippen LogP contribution < -0.4 is 14.2 Å². The Morgan fingerprint density at radius 3 is 1.90 bits per heavy atom. The van der Waals surface area contributed by atoms with Crippen LogP contribution in [-0.2, 0) is 25.5 Å². The fraction of sp³-hybridized carbons (Fsp3) is 0.424. The van der Waals surface area contributed by atoms with Crippen LogP contribution in [0, 0.1) is 10.8 Å². The number of esters is 2. The molecule has 0 amide bonds. The summed E-state index contributed by atoms with van der Waals surface area (Å²) < 4.78 is 27.5. The second kappa shape index (κ2) is 15.1. The molecular formula is C33H42O8. The van der Waals surface area contributed by atoms with Crippen molar-refractivity contribution >= 4 is 23.8 Å². The van der Waals surface area contributed by atoms with E-state index >= 15 is 0 Å². The summed E-state index contributed by atoms with van der Waals surface area (Å²) in [7, 11) is 0. The number of allylic oxidation sites excluding steroid dienone is 3. The van der Waals surface area contributed by atoms with Crippen LogP contribution in [-0.4, -0.2) is 37.9 Å². The molecular weight excluding hydrogens is 524 g/mol. The fourth-order valence-corrected chi connectivity index (χ4v) is 3.28. The molecule has 0 aliphatic rings. The van der Waals surface area contributed by atoms with Gasteiger partial charge in [-0.25, -0.2) is 0 Å². The lowest BCUT2D eigenvalue weighted by Crippen LogP contribution is -2.24. The van der Waals surface area contributed by atoms with E-state index in [1.165, 1.54) is 6.08 Å². The third-order valence-electron chi connectivity index (χ3n) is 5.66. The van der Waals surface area contributed by atoms with Gasteiger partial charge >= 0.3 is 11.9 Å². The van der Waals surface area contributed by atoms with Crippen molar-refractivity contribution in [2.45, 2.75) is 61.8 Å². The molecule has 0 fully saturated rings. The van der Waals surface area contributed by atoms with E-state index in [0.717, 1.165) is 5.56 Å². The normalized spacial score (nSPS) is 11.9. The molecule has 2 aromatic carbocycles. The molecule has 0 bridgehead atoms. The molecule has 0 spiro atoms. The number of ketones is 1. The number of rotatable bonds is 13.